The van der Waals surface area contributed by atoms with E-state index >= 15 is 0 Å². The van der Waals surface area contributed by atoms with Crippen LogP contribution in [0, 0.1) is 11.7 Å². The Kier molecular flexibility index (Phi) is 4.49. The molecule has 3 nitrogen and oxygen atoms in total. The molecule has 0 fully saturated rings. The van der Waals surface area contributed by atoms with Crippen molar-refractivity contribution in [2.24, 2.45) is 5.92 Å². The lowest BCUT2D eigenvalue weighted by atomic mass is 10.1. The second-order valence-electron chi connectivity index (χ2n) is 4.58. The maximum absolute atomic E-state index is 13.4. The Hall–Kier alpha value is -1.58. The monoisotopic (exact) mass is 239 g/mol. The number of nitrogen functional groups attached to an aromatic ring is 1. The van der Waals surface area contributed by atoms with Gasteiger partial charge in [-0.1, -0.05) is 13.8 Å². The number of carbonyl (C=O) groups is 1. The largest absolute Gasteiger partial charge is 0.459 e. The van der Waals surface area contributed by atoms with Gasteiger partial charge in [0, 0.05) is 5.69 Å². The van der Waals surface area contributed by atoms with Gasteiger partial charge < -0.3 is 10.5 Å². The van der Waals surface area contributed by atoms with Crippen LogP contribution in [-0.2, 0) is 4.74 Å². The first-order valence-electron chi connectivity index (χ1n) is 5.66. The number of halogens is 1. The summed E-state index contributed by atoms with van der Waals surface area (Å²) >= 11 is 0. The molecule has 0 aliphatic carbocycles. The highest BCUT2D eigenvalue weighted by molar-refractivity contribution is 5.90. The summed E-state index contributed by atoms with van der Waals surface area (Å²) in [7, 11) is 0. The van der Waals surface area contributed by atoms with E-state index in [9.17, 15) is 9.18 Å². The zero-order valence-electron chi connectivity index (χ0n) is 10.4. The van der Waals surface area contributed by atoms with Crippen molar-refractivity contribution in [3.05, 3.63) is 29.6 Å². The number of nitrogens with two attached hydrogens (primary N) is 1. The Balaban J connectivity index is 2.70. The van der Waals surface area contributed by atoms with Gasteiger partial charge in [-0.15, -0.1) is 0 Å². The summed E-state index contributed by atoms with van der Waals surface area (Å²) in [6, 6.07) is 3.94. The molecule has 94 valence electrons. The number of rotatable bonds is 4. The summed E-state index contributed by atoms with van der Waals surface area (Å²) in [4.78, 5) is 11.7. The molecule has 2 N–H and O–H groups in total. The fourth-order valence-corrected chi connectivity index (χ4v) is 1.66. The van der Waals surface area contributed by atoms with Crippen LogP contribution in [0.3, 0.4) is 0 Å². The fraction of sp³-hybridized carbons (Fsp3) is 0.462. The molecule has 0 aliphatic heterocycles. The number of hydrogen-bond acceptors (Lipinski definition) is 3. The van der Waals surface area contributed by atoms with E-state index in [1.54, 1.807) is 6.92 Å². The molecule has 0 spiro atoms. The summed E-state index contributed by atoms with van der Waals surface area (Å²) < 4.78 is 18.6. The van der Waals surface area contributed by atoms with E-state index in [1.165, 1.54) is 12.1 Å². The van der Waals surface area contributed by atoms with E-state index in [0.29, 0.717) is 5.92 Å². The number of esters is 1. The third kappa shape index (κ3) is 4.06. The molecule has 0 bridgehead atoms. The van der Waals surface area contributed by atoms with Crippen molar-refractivity contribution in [1.29, 1.82) is 0 Å². The lowest BCUT2D eigenvalue weighted by Gasteiger charge is -2.15. The van der Waals surface area contributed by atoms with E-state index in [2.05, 4.69) is 0 Å². The summed E-state index contributed by atoms with van der Waals surface area (Å²) in [5.41, 5.74) is 5.61. The molecular weight excluding hydrogens is 221 g/mol. The second-order valence-corrected chi connectivity index (χ2v) is 4.58. The molecule has 0 heterocycles. The third-order valence-corrected chi connectivity index (χ3v) is 2.32. The van der Waals surface area contributed by atoms with Crippen molar-refractivity contribution in [3.63, 3.8) is 0 Å². The maximum atomic E-state index is 13.4. The standard InChI is InChI=1S/C13H18FNO2/c1-8(2)6-9(3)17-13(16)11-5-4-10(15)7-12(11)14/h4-5,7-9H,6,15H2,1-3H3. The third-order valence-electron chi connectivity index (χ3n) is 2.32. The molecular formula is C13H18FNO2. The lowest BCUT2D eigenvalue weighted by Crippen LogP contribution is -2.18. The van der Waals surface area contributed by atoms with Crippen molar-refractivity contribution in [2.45, 2.75) is 33.3 Å². The van der Waals surface area contributed by atoms with Gasteiger partial charge >= 0.3 is 5.97 Å². The highest BCUT2D eigenvalue weighted by atomic mass is 19.1. The van der Waals surface area contributed by atoms with Gasteiger partial charge in [0.1, 0.15) is 5.82 Å². The van der Waals surface area contributed by atoms with Gasteiger partial charge in [0.2, 0.25) is 0 Å². The fourth-order valence-electron chi connectivity index (χ4n) is 1.66. The normalized spacial score (nSPS) is 12.5. The quantitative estimate of drug-likeness (QED) is 0.649. The first kappa shape index (κ1) is 13.5. The first-order valence-corrected chi connectivity index (χ1v) is 5.66. The van der Waals surface area contributed by atoms with Crippen LogP contribution >= 0.6 is 0 Å². The number of hydrogen-bond donors (Lipinski definition) is 1. The van der Waals surface area contributed by atoms with Crippen LogP contribution < -0.4 is 5.73 Å². The highest BCUT2D eigenvalue weighted by Gasteiger charge is 2.16. The van der Waals surface area contributed by atoms with Gasteiger partial charge in [0.15, 0.2) is 0 Å². The Labute approximate surface area is 101 Å². The van der Waals surface area contributed by atoms with Gasteiger partial charge in [-0.2, -0.15) is 0 Å². The molecule has 0 saturated carbocycles. The van der Waals surface area contributed by atoms with Gasteiger partial charge in [0.25, 0.3) is 0 Å². The zero-order chi connectivity index (χ0) is 13.0. The van der Waals surface area contributed by atoms with Crippen LogP contribution in [-0.4, -0.2) is 12.1 Å². The van der Waals surface area contributed by atoms with E-state index in [4.69, 9.17) is 10.5 Å². The van der Waals surface area contributed by atoms with Gasteiger partial charge in [0.05, 0.1) is 11.7 Å². The van der Waals surface area contributed by atoms with Crippen LogP contribution in [0.1, 0.15) is 37.6 Å². The average Bonchev–Trinajstić information content (AvgIpc) is 2.15. The van der Waals surface area contributed by atoms with E-state index in [0.717, 1.165) is 12.5 Å². The van der Waals surface area contributed by atoms with Crippen LogP contribution in [0.25, 0.3) is 0 Å². The average molecular weight is 239 g/mol. The van der Waals surface area contributed by atoms with Crippen LogP contribution in [0.4, 0.5) is 10.1 Å². The van der Waals surface area contributed by atoms with E-state index < -0.39 is 11.8 Å². The zero-order valence-corrected chi connectivity index (χ0v) is 10.4. The van der Waals surface area contributed by atoms with Crippen molar-refractivity contribution in [3.8, 4) is 0 Å². The van der Waals surface area contributed by atoms with Gasteiger partial charge in [-0.3, -0.25) is 0 Å². The molecule has 0 radical (unpaired) electrons. The Morgan fingerprint density at radius 1 is 1.41 bits per heavy atom. The van der Waals surface area contributed by atoms with Crippen LogP contribution in [0.15, 0.2) is 18.2 Å². The van der Waals surface area contributed by atoms with Crippen LogP contribution in [0.5, 0.6) is 0 Å². The molecule has 1 rings (SSSR count). The molecule has 0 amide bonds. The highest BCUT2D eigenvalue weighted by Crippen LogP contribution is 2.15. The van der Waals surface area contributed by atoms with Crippen LogP contribution in [0.2, 0.25) is 0 Å². The predicted octanol–water partition coefficient (Wildman–Crippen LogP) is 3.00. The van der Waals surface area contributed by atoms with E-state index in [1.807, 2.05) is 13.8 Å². The topological polar surface area (TPSA) is 52.3 Å². The van der Waals surface area contributed by atoms with Crippen molar-refractivity contribution in [2.75, 3.05) is 5.73 Å². The predicted molar refractivity (Wildman–Crippen MR) is 65.1 cm³/mol. The Morgan fingerprint density at radius 2 is 2.06 bits per heavy atom. The Bertz CT molecular complexity index is 404. The minimum absolute atomic E-state index is 0.0743. The molecule has 0 aliphatic rings. The number of benzene rings is 1. The van der Waals surface area contributed by atoms with E-state index in [-0.39, 0.29) is 17.4 Å². The van der Waals surface area contributed by atoms with Crippen molar-refractivity contribution >= 4 is 11.7 Å². The molecule has 0 aromatic heterocycles. The number of anilines is 1. The summed E-state index contributed by atoms with van der Waals surface area (Å²) in [6.07, 6.45) is 0.530. The second kappa shape index (κ2) is 5.66. The first-order chi connectivity index (χ1) is 7.90. The van der Waals surface area contributed by atoms with Gasteiger partial charge in [-0.25, -0.2) is 9.18 Å². The molecule has 1 aromatic rings. The molecule has 1 atom stereocenters. The number of carbonyl (C=O) groups excluding carboxylic acids is 1. The summed E-state index contributed by atoms with van der Waals surface area (Å²) in [6.45, 7) is 5.87. The minimum atomic E-state index is -0.647. The molecule has 0 saturated heterocycles. The van der Waals surface area contributed by atoms with Crippen molar-refractivity contribution < 1.29 is 13.9 Å². The summed E-state index contributed by atoms with van der Waals surface area (Å²) in [5.74, 6) is -0.864. The SMILES string of the molecule is CC(C)CC(C)OC(=O)c1ccc(N)cc1F. The van der Waals surface area contributed by atoms with Gasteiger partial charge in [-0.05, 0) is 37.5 Å². The maximum Gasteiger partial charge on any atom is 0.341 e. The molecule has 1 unspecified atom stereocenters. The molecule has 4 heteroatoms. The molecule has 1 aromatic carbocycles. The number of ether oxygens (including phenoxy) is 1. The summed E-state index contributed by atoms with van der Waals surface area (Å²) in [5, 5.41) is 0. The molecule has 17 heavy (non-hydrogen) atoms. The Morgan fingerprint density at radius 3 is 2.59 bits per heavy atom. The smallest absolute Gasteiger partial charge is 0.341 e. The lowest BCUT2D eigenvalue weighted by molar-refractivity contribution is 0.0294. The minimum Gasteiger partial charge on any atom is -0.459 e. The van der Waals surface area contributed by atoms with Crippen molar-refractivity contribution in [1.82, 2.24) is 0 Å².